The fourth-order valence-electron chi connectivity index (χ4n) is 2.17. The number of nitrogens with one attached hydrogen (secondary N) is 3. The number of hydrogen-bond donors (Lipinski definition) is 3. The zero-order valence-electron chi connectivity index (χ0n) is 11.4. The predicted molar refractivity (Wildman–Crippen MR) is 75.2 cm³/mol. The molecule has 0 aliphatic carbocycles. The molecular formula is C14H20N4O2. The molecule has 0 saturated carbocycles. The largest absolute Gasteiger partial charge is 0.354 e. The molecule has 0 aromatic carbocycles. The topological polar surface area (TPSA) is 83.1 Å². The predicted octanol–water partition coefficient (Wildman–Crippen LogP) is -0.0728. The van der Waals surface area contributed by atoms with Gasteiger partial charge in [-0.15, -0.1) is 0 Å². The normalized spacial score (nSPS) is 18.3. The minimum Gasteiger partial charge on any atom is -0.354 e. The third kappa shape index (κ3) is 4.62. The van der Waals surface area contributed by atoms with E-state index in [1.165, 1.54) is 0 Å². The maximum absolute atomic E-state index is 11.7. The summed E-state index contributed by atoms with van der Waals surface area (Å²) in [4.78, 5) is 27.3. The van der Waals surface area contributed by atoms with Gasteiger partial charge in [0, 0.05) is 12.7 Å². The van der Waals surface area contributed by atoms with Gasteiger partial charge in [0.25, 0.3) is 5.91 Å². The number of pyridine rings is 1. The van der Waals surface area contributed by atoms with Crippen molar-refractivity contribution in [2.45, 2.75) is 12.8 Å². The second-order valence-electron chi connectivity index (χ2n) is 4.91. The van der Waals surface area contributed by atoms with Crippen molar-refractivity contribution in [1.82, 2.24) is 20.9 Å². The molecule has 2 rings (SSSR count). The number of hydrogen-bond acceptors (Lipinski definition) is 4. The zero-order valence-corrected chi connectivity index (χ0v) is 11.4. The molecular weight excluding hydrogens is 256 g/mol. The van der Waals surface area contributed by atoms with Crippen LogP contribution in [0.1, 0.15) is 23.3 Å². The molecule has 3 N–H and O–H groups in total. The Kier molecular flexibility index (Phi) is 5.49. The lowest BCUT2D eigenvalue weighted by molar-refractivity contribution is -0.120. The highest BCUT2D eigenvalue weighted by Gasteiger charge is 2.14. The number of piperidine rings is 1. The molecule has 1 aromatic heterocycles. The summed E-state index contributed by atoms with van der Waals surface area (Å²) >= 11 is 0. The number of nitrogens with zero attached hydrogens (tertiary/aromatic N) is 1. The van der Waals surface area contributed by atoms with Gasteiger partial charge in [-0.05, 0) is 44.0 Å². The molecule has 1 saturated heterocycles. The zero-order chi connectivity index (χ0) is 14.2. The van der Waals surface area contributed by atoms with Gasteiger partial charge in [-0.25, -0.2) is 0 Å². The van der Waals surface area contributed by atoms with Gasteiger partial charge in [0.1, 0.15) is 5.69 Å². The summed E-state index contributed by atoms with van der Waals surface area (Å²) in [6.45, 7) is 2.64. The fraction of sp³-hybridized carbons (Fsp3) is 0.500. The summed E-state index contributed by atoms with van der Waals surface area (Å²) in [5, 5.41) is 8.70. The first-order valence-electron chi connectivity index (χ1n) is 6.92. The maximum Gasteiger partial charge on any atom is 0.270 e. The van der Waals surface area contributed by atoms with Crippen LogP contribution in [0.25, 0.3) is 0 Å². The number of carbonyl (C=O) groups is 2. The molecule has 1 atom stereocenters. The number of rotatable bonds is 5. The van der Waals surface area contributed by atoms with E-state index in [0.717, 1.165) is 25.9 Å². The van der Waals surface area contributed by atoms with E-state index in [1.54, 1.807) is 24.4 Å². The molecule has 1 unspecified atom stereocenters. The SMILES string of the molecule is O=C(CNC(=O)c1ccccn1)NCC1CCCNC1. The van der Waals surface area contributed by atoms with Crippen molar-refractivity contribution < 1.29 is 9.59 Å². The highest BCUT2D eigenvalue weighted by atomic mass is 16.2. The summed E-state index contributed by atoms with van der Waals surface area (Å²) < 4.78 is 0. The van der Waals surface area contributed by atoms with E-state index in [0.29, 0.717) is 18.2 Å². The van der Waals surface area contributed by atoms with Crippen LogP contribution in [-0.2, 0) is 4.79 Å². The molecule has 108 valence electrons. The van der Waals surface area contributed by atoms with Crippen LogP contribution in [-0.4, -0.2) is 43.0 Å². The van der Waals surface area contributed by atoms with E-state index < -0.39 is 0 Å². The molecule has 2 amide bonds. The molecule has 0 radical (unpaired) electrons. The van der Waals surface area contributed by atoms with E-state index in [1.807, 2.05) is 0 Å². The molecule has 0 bridgehead atoms. The molecule has 1 aromatic rings. The first kappa shape index (κ1) is 14.5. The maximum atomic E-state index is 11.7. The van der Waals surface area contributed by atoms with Crippen LogP contribution >= 0.6 is 0 Å². The third-order valence-corrected chi connectivity index (χ3v) is 3.29. The third-order valence-electron chi connectivity index (χ3n) is 3.29. The van der Waals surface area contributed by atoms with Crippen LogP contribution in [0.5, 0.6) is 0 Å². The van der Waals surface area contributed by atoms with Gasteiger partial charge >= 0.3 is 0 Å². The number of carbonyl (C=O) groups excluding carboxylic acids is 2. The second-order valence-corrected chi connectivity index (χ2v) is 4.91. The van der Waals surface area contributed by atoms with Crippen molar-refractivity contribution in [2.24, 2.45) is 5.92 Å². The summed E-state index contributed by atoms with van der Waals surface area (Å²) in [7, 11) is 0. The van der Waals surface area contributed by atoms with Crippen molar-refractivity contribution in [2.75, 3.05) is 26.2 Å². The lowest BCUT2D eigenvalue weighted by atomic mass is 10.00. The quantitative estimate of drug-likeness (QED) is 0.703. The van der Waals surface area contributed by atoms with E-state index in [4.69, 9.17) is 0 Å². The average Bonchev–Trinajstić information content (AvgIpc) is 2.52. The van der Waals surface area contributed by atoms with Crippen molar-refractivity contribution in [3.8, 4) is 0 Å². The van der Waals surface area contributed by atoms with Gasteiger partial charge < -0.3 is 16.0 Å². The lowest BCUT2D eigenvalue weighted by Gasteiger charge is -2.22. The van der Waals surface area contributed by atoms with Crippen molar-refractivity contribution in [3.05, 3.63) is 30.1 Å². The summed E-state index contributed by atoms with van der Waals surface area (Å²) in [5.41, 5.74) is 0.316. The van der Waals surface area contributed by atoms with Gasteiger partial charge in [0.15, 0.2) is 0 Å². The first-order chi connectivity index (χ1) is 9.75. The Morgan fingerprint density at radius 1 is 1.35 bits per heavy atom. The highest BCUT2D eigenvalue weighted by Crippen LogP contribution is 2.07. The standard InChI is InChI=1S/C14H20N4O2/c19-13(17-9-11-4-3-6-15-8-11)10-18-14(20)12-5-1-2-7-16-12/h1-2,5,7,11,15H,3-4,6,8-10H2,(H,17,19)(H,18,20). The Balaban J connectivity index is 1.66. The van der Waals surface area contributed by atoms with E-state index in [-0.39, 0.29) is 18.4 Å². The Hall–Kier alpha value is -1.95. The van der Waals surface area contributed by atoms with Crippen molar-refractivity contribution in [3.63, 3.8) is 0 Å². The van der Waals surface area contributed by atoms with E-state index >= 15 is 0 Å². The molecule has 1 aliphatic rings. The molecule has 1 aliphatic heterocycles. The van der Waals surface area contributed by atoms with Gasteiger partial charge in [-0.1, -0.05) is 6.07 Å². The van der Waals surface area contributed by atoms with Crippen LogP contribution < -0.4 is 16.0 Å². The van der Waals surface area contributed by atoms with Gasteiger partial charge in [-0.2, -0.15) is 0 Å². The smallest absolute Gasteiger partial charge is 0.270 e. The molecule has 20 heavy (non-hydrogen) atoms. The molecule has 0 spiro atoms. The van der Waals surface area contributed by atoms with Crippen LogP contribution in [0, 0.1) is 5.92 Å². The Morgan fingerprint density at radius 3 is 2.95 bits per heavy atom. The van der Waals surface area contributed by atoms with Gasteiger partial charge in [0.2, 0.25) is 5.91 Å². The molecule has 1 fully saturated rings. The Bertz CT molecular complexity index is 444. The van der Waals surface area contributed by atoms with Crippen LogP contribution in [0.4, 0.5) is 0 Å². The molecule has 2 heterocycles. The van der Waals surface area contributed by atoms with Crippen molar-refractivity contribution >= 4 is 11.8 Å². The van der Waals surface area contributed by atoms with E-state index in [2.05, 4.69) is 20.9 Å². The monoisotopic (exact) mass is 276 g/mol. The number of aromatic nitrogens is 1. The Labute approximate surface area is 118 Å². The average molecular weight is 276 g/mol. The van der Waals surface area contributed by atoms with Crippen LogP contribution in [0.3, 0.4) is 0 Å². The molecule has 6 heteroatoms. The first-order valence-corrected chi connectivity index (χ1v) is 6.92. The summed E-state index contributed by atoms with van der Waals surface area (Å²) in [5.74, 6) is -0.0147. The summed E-state index contributed by atoms with van der Waals surface area (Å²) in [6.07, 6.45) is 3.83. The summed E-state index contributed by atoms with van der Waals surface area (Å²) in [6, 6.07) is 5.08. The van der Waals surface area contributed by atoms with Crippen LogP contribution in [0.15, 0.2) is 24.4 Å². The van der Waals surface area contributed by atoms with Crippen molar-refractivity contribution in [1.29, 1.82) is 0 Å². The minimum atomic E-state index is -0.333. The molecule has 6 nitrogen and oxygen atoms in total. The second kappa shape index (κ2) is 7.59. The number of amides is 2. The highest BCUT2D eigenvalue weighted by molar-refractivity contribution is 5.94. The minimum absolute atomic E-state index is 0.0183. The van der Waals surface area contributed by atoms with Gasteiger partial charge in [-0.3, -0.25) is 14.6 Å². The lowest BCUT2D eigenvalue weighted by Crippen LogP contribution is -2.42. The van der Waals surface area contributed by atoms with Gasteiger partial charge in [0.05, 0.1) is 6.54 Å². The van der Waals surface area contributed by atoms with Crippen LogP contribution in [0.2, 0.25) is 0 Å². The Morgan fingerprint density at radius 2 is 2.25 bits per heavy atom. The fourth-order valence-corrected chi connectivity index (χ4v) is 2.17. The van der Waals surface area contributed by atoms with E-state index in [9.17, 15) is 9.59 Å².